The standard InChI is InChI=1S/C17H27N7O/c1-2-24-16(13-23-10-4-8-19-23)20-21-17(24)14-6-11-22(12-7-14)9-3-5-15(18)25/h4,8,10,14H,2-3,5-7,9,11-13H2,1H3,(H2,18,25). The average molecular weight is 345 g/mol. The molecular weight excluding hydrogens is 318 g/mol. The molecule has 1 fully saturated rings. The van der Waals surface area contributed by atoms with E-state index in [0.29, 0.717) is 18.9 Å². The number of likely N-dealkylation sites (tertiary alicyclic amines) is 1. The fraction of sp³-hybridized carbons (Fsp3) is 0.647. The summed E-state index contributed by atoms with van der Waals surface area (Å²) in [5.41, 5.74) is 5.21. The zero-order valence-electron chi connectivity index (χ0n) is 14.8. The Kier molecular flexibility index (Phi) is 5.80. The second-order valence-electron chi connectivity index (χ2n) is 6.61. The second kappa shape index (κ2) is 8.24. The molecule has 2 aromatic heterocycles. The number of amides is 1. The van der Waals surface area contributed by atoms with Crippen LogP contribution in [0.4, 0.5) is 0 Å². The van der Waals surface area contributed by atoms with Gasteiger partial charge in [-0.1, -0.05) is 0 Å². The Hall–Kier alpha value is -2.22. The SMILES string of the molecule is CCn1c(Cn2cccn2)nnc1C1CCN(CCCC(N)=O)CC1. The number of nitrogens with two attached hydrogens (primary N) is 1. The third kappa shape index (κ3) is 4.45. The highest BCUT2D eigenvalue weighted by Gasteiger charge is 2.25. The zero-order valence-corrected chi connectivity index (χ0v) is 14.8. The Labute approximate surface area is 148 Å². The third-order valence-electron chi connectivity index (χ3n) is 4.89. The predicted octanol–water partition coefficient (Wildman–Crippen LogP) is 0.988. The van der Waals surface area contributed by atoms with Crippen molar-refractivity contribution in [2.75, 3.05) is 19.6 Å². The number of aromatic nitrogens is 5. The van der Waals surface area contributed by atoms with Crippen LogP contribution in [-0.4, -0.2) is 55.0 Å². The van der Waals surface area contributed by atoms with Gasteiger partial charge in [0.15, 0.2) is 5.82 Å². The summed E-state index contributed by atoms with van der Waals surface area (Å²) in [4.78, 5) is 13.3. The minimum Gasteiger partial charge on any atom is -0.370 e. The molecule has 8 heteroatoms. The van der Waals surface area contributed by atoms with E-state index in [9.17, 15) is 4.79 Å². The molecule has 0 radical (unpaired) electrons. The third-order valence-corrected chi connectivity index (χ3v) is 4.89. The first-order valence-electron chi connectivity index (χ1n) is 9.07. The largest absolute Gasteiger partial charge is 0.370 e. The molecule has 0 atom stereocenters. The molecular formula is C17H27N7O. The van der Waals surface area contributed by atoms with Crippen molar-refractivity contribution in [2.45, 2.75) is 51.6 Å². The highest BCUT2D eigenvalue weighted by atomic mass is 16.1. The van der Waals surface area contributed by atoms with Crippen molar-refractivity contribution < 1.29 is 4.79 Å². The number of piperidine rings is 1. The van der Waals surface area contributed by atoms with Gasteiger partial charge in [-0.25, -0.2) is 0 Å². The van der Waals surface area contributed by atoms with Crippen LogP contribution in [0, 0.1) is 0 Å². The lowest BCUT2D eigenvalue weighted by molar-refractivity contribution is -0.118. The van der Waals surface area contributed by atoms with Gasteiger partial charge >= 0.3 is 0 Å². The molecule has 8 nitrogen and oxygen atoms in total. The summed E-state index contributed by atoms with van der Waals surface area (Å²) in [5, 5.41) is 13.2. The summed E-state index contributed by atoms with van der Waals surface area (Å²) in [5.74, 6) is 2.30. The molecule has 0 unspecified atom stereocenters. The van der Waals surface area contributed by atoms with E-state index in [1.54, 1.807) is 6.20 Å². The van der Waals surface area contributed by atoms with Gasteiger partial charge in [0.05, 0.1) is 0 Å². The van der Waals surface area contributed by atoms with Crippen molar-refractivity contribution in [3.63, 3.8) is 0 Å². The Morgan fingerprint density at radius 3 is 2.76 bits per heavy atom. The molecule has 2 N–H and O–H groups in total. The summed E-state index contributed by atoms with van der Waals surface area (Å²) in [7, 11) is 0. The van der Waals surface area contributed by atoms with Crippen LogP contribution in [0.1, 0.15) is 50.2 Å². The molecule has 1 aliphatic heterocycles. The molecule has 3 rings (SSSR count). The summed E-state index contributed by atoms with van der Waals surface area (Å²) >= 11 is 0. The number of carbonyl (C=O) groups excluding carboxylic acids is 1. The highest BCUT2D eigenvalue weighted by Crippen LogP contribution is 2.27. The molecule has 0 spiro atoms. The summed E-state index contributed by atoms with van der Waals surface area (Å²) in [6, 6.07) is 1.92. The second-order valence-corrected chi connectivity index (χ2v) is 6.61. The molecule has 1 saturated heterocycles. The first kappa shape index (κ1) is 17.6. The molecule has 25 heavy (non-hydrogen) atoms. The molecule has 0 bridgehead atoms. The van der Waals surface area contributed by atoms with Crippen LogP contribution < -0.4 is 5.73 Å². The van der Waals surface area contributed by atoms with Crippen LogP contribution in [0.5, 0.6) is 0 Å². The molecule has 1 amide bonds. The van der Waals surface area contributed by atoms with Gasteiger partial charge in [-0.15, -0.1) is 10.2 Å². The maximum Gasteiger partial charge on any atom is 0.217 e. The average Bonchev–Trinajstić information content (AvgIpc) is 3.25. The summed E-state index contributed by atoms with van der Waals surface area (Å²) in [6.45, 7) is 6.68. The molecule has 3 heterocycles. The molecule has 136 valence electrons. The van der Waals surface area contributed by atoms with Gasteiger partial charge in [0.2, 0.25) is 5.91 Å². The molecule has 0 aliphatic carbocycles. The minimum absolute atomic E-state index is 0.212. The Morgan fingerprint density at radius 1 is 1.32 bits per heavy atom. The van der Waals surface area contributed by atoms with E-state index in [4.69, 9.17) is 5.73 Å². The van der Waals surface area contributed by atoms with Gasteiger partial charge in [-0.3, -0.25) is 9.48 Å². The van der Waals surface area contributed by atoms with Crippen molar-refractivity contribution >= 4 is 5.91 Å². The lowest BCUT2D eigenvalue weighted by Crippen LogP contribution is -2.34. The molecule has 0 saturated carbocycles. The summed E-state index contributed by atoms with van der Waals surface area (Å²) in [6.07, 6.45) is 7.20. The van der Waals surface area contributed by atoms with E-state index in [1.165, 1.54) is 0 Å². The lowest BCUT2D eigenvalue weighted by atomic mass is 9.95. The van der Waals surface area contributed by atoms with Crippen LogP contribution in [0.2, 0.25) is 0 Å². The first-order valence-corrected chi connectivity index (χ1v) is 9.07. The number of nitrogens with zero attached hydrogens (tertiary/aromatic N) is 6. The van der Waals surface area contributed by atoms with Gasteiger partial charge in [0.25, 0.3) is 0 Å². The predicted molar refractivity (Wildman–Crippen MR) is 93.9 cm³/mol. The Morgan fingerprint density at radius 2 is 2.12 bits per heavy atom. The topological polar surface area (TPSA) is 94.9 Å². The van der Waals surface area contributed by atoms with E-state index in [0.717, 1.165) is 57.1 Å². The van der Waals surface area contributed by atoms with Crippen molar-refractivity contribution in [1.29, 1.82) is 0 Å². The van der Waals surface area contributed by atoms with Crippen molar-refractivity contribution in [2.24, 2.45) is 5.73 Å². The smallest absolute Gasteiger partial charge is 0.217 e. The van der Waals surface area contributed by atoms with Gasteiger partial charge in [0, 0.05) is 31.3 Å². The van der Waals surface area contributed by atoms with E-state index < -0.39 is 0 Å². The van der Waals surface area contributed by atoms with Crippen LogP contribution in [-0.2, 0) is 17.9 Å². The van der Waals surface area contributed by atoms with Gasteiger partial charge in [-0.05, 0) is 51.9 Å². The Balaban J connectivity index is 1.58. The normalized spacial score (nSPS) is 16.4. The van der Waals surface area contributed by atoms with E-state index in [1.807, 2.05) is 16.9 Å². The maximum absolute atomic E-state index is 10.8. The quantitative estimate of drug-likeness (QED) is 0.770. The van der Waals surface area contributed by atoms with Gasteiger partial charge in [0.1, 0.15) is 12.4 Å². The number of primary amides is 1. The first-order chi connectivity index (χ1) is 12.2. The lowest BCUT2D eigenvalue weighted by Gasteiger charge is -2.31. The zero-order chi connectivity index (χ0) is 17.6. The molecule has 1 aliphatic rings. The molecule has 0 aromatic carbocycles. The highest BCUT2D eigenvalue weighted by molar-refractivity contribution is 5.73. The van der Waals surface area contributed by atoms with Crippen molar-refractivity contribution in [1.82, 2.24) is 29.4 Å². The van der Waals surface area contributed by atoms with Crippen LogP contribution >= 0.6 is 0 Å². The van der Waals surface area contributed by atoms with Gasteiger partial charge in [-0.2, -0.15) is 5.10 Å². The minimum atomic E-state index is -0.212. The number of hydrogen-bond donors (Lipinski definition) is 1. The van der Waals surface area contributed by atoms with Crippen molar-refractivity contribution in [3.05, 3.63) is 30.1 Å². The number of carbonyl (C=O) groups is 1. The monoisotopic (exact) mass is 345 g/mol. The van der Waals surface area contributed by atoms with Gasteiger partial charge < -0.3 is 15.2 Å². The summed E-state index contributed by atoms with van der Waals surface area (Å²) < 4.78 is 4.11. The van der Waals surface area contributed by atoms with E-state index in [-0.39, 0.29) is 5.91 Å². The van der Waals surface area contributed by atoms with E-state index in [2.05, 4.69) is 31.7 Å². The number of hydrogen-bond acceptors (Lipinski definition) is 5. The Bertz CT molecular complexity index is 671. The van der Waals surface area contributed by atoms with E-state index >= 15 is 0 Å². The van der Waals surface area contributed by atoms with Crippen LogP contribution in [0.15, 0.2) is 18.5 Å². The molecule has 2 aromatic rings. The van der Waals surface area contributed by atoms with Crippen molar-refractivity contribution in [3.8, 4) is 0 Å². The fourth-order valence-corrected chi connectivity index (χ4v) is 3.54. The maximum atomic E-state index is 10.8. The van der Waals surface area contributed by atoms with Crippen LogP contribution in [0.25, 0.3) is 0 Å². The fourth-order valence-electron chi connectivity index (χ4n) is 3.54. The van der Waals surface area contributed by atoms with Crippen LogP contribution in [0.3, 0.4) is 0 Å². The number of rotatable bonds is 8.